The van der Waals surface area contributed by atoms with Crippen LogP contribution in [0.25, 0.3) is 0 Å². The molecule has 0 radical (unpaired) electrons. The standard InChI is InChI=1S/C7H8N2O2/c1-11-7-2-6(8)5(4-10)3-9-7/h2-4H,1H3,(H2,8,9). The first-order valence-corrected chi connectivity index (χ1v) is 3.02. The van der Waals surface area contributed by atoms with Crippen molar-refractivity contribution < 1.29 is 9.53 Å². The van der Waals surface area contributed by atoms with Gasteiger partial charge in [0.2, 0.25) is 5.88 Å². The fourth-order valence-corrected chi connectivity index (χ4v) is 0.671. The zero-order valence-electron chi connectivity index (χ0n) is 6.07. The predicted octanol–water partition coefficient (Wildman–Crippen LogP) is 0.485. The molecule has 58 valence electrons. The first-order valence-electron chi connectivity index (χ1n) is 3.02. The van der Waals surface area contributed by atoms with E-state index < -0.39 is 0 Å². The molecule has 0 aliphatic carbocycles. The van der Waals surface area contributed by atoms with Crippen molar-refractivity contribution in [1.29, 1.82) is 0 Å². The van der Waals surface area contributed by atoms with E-state index in [2.05, 4.69) is 4.98 Å². The van der Waals surface area contributed by atoms with E-state index in [-0.39, 0.29) is 0 Å². The van der Waals surface area contributed by atoms with Crippen molar-refractivity contribution in [1.82, 2.24) is 4.98 Å². The summed E-state index contributed by atoms with van der Waals surface area (Å²) in [5.41, 5.74) is 6.22. The van der Waals surface area contributed by atoms with Crippen LogP contribution in [0, 0.1) is 0 Å². The molecule has 11 heavy (non-hydrogen) atoms. The molecule has 0 unspecified atom stereocenters. The number of hydrogen-bond donors (Lipinski definition) is 1. The number of aromatic nitrogens is 1. The van der Waals surface area contributed by atoms with Gasteiger partial charge in [0.05, 0.1) is 12.7 Å². The van der Waals surface area contributed by atoms with Gasteiger partial charge in [-0.15, -0.1) is 0 Å². The molecule has 0 aliphatic heterocycles. The molecule has 4 heteroatoms. The van der Waals surface area contributed by atoms with Crippen molar-refractivity contribution in [3.05, 3.63) is 17.8 Å². The molecule has 2 N–H and O–H groups in total. The minimum Gasteiger partial charge on any atom is -0.481 e. The number of aldehydes is 1. The van der Waals surface area contributed by atoms with Gasteiger partial charge in [0.15, 0.2) is 6.29 Å². The number of ether oxygens (including phenoxy) is 1. The maximum absolute atomic E-state index is 10.3. The van der Waals surface area contributed by atoms with E-state index in [1.165, 1.54) is 19.4 Å². The van der Waals surface area contributed by atoms with E-state index >= 15 is 0 Å². The Morgan fingerprint density at radius 1 is 1.73 bits per heavy atom. The fraction of sp³-hybridized carbons (Fsp3) is 0.143. The van der Waals surface area contributed by atoms with Gasteiger partial charge < -0.3 is 10.5 Å². The first kappa shape index (κ1) is 7.53. The number of nitrogens with zero attached hydrogens (tertiary/aromatic N) is 1. The second kappa shape index (κ2) is 3.01. The summed E-state index contributed by atoms with van der Waals surface area (Å²) in [6, 6.07) is 1.50. The summed E-state index contributed by atoms with van der Waals surface area (Å²) >= 11 is 0. The van der Waals surface area contributed by atoms with Crippen molar-refractivity contribution in [2.75, 3.05) is 12.8 Å². The topological polar surface area (TPSA) is 65.2 Å². The van der Waals surface area contributed by atoms with Crippen LogP contribution in [-0.4, -0.2) is 18.4 Å². The Bertz CT molecular complexity index is 273. The summed E-state index contributed by atoms with van der Waals surface area (Å²) in [5.74, 6) is 0.410. The van der Waals surface area contributed by atoms with Crippen LogP contribution in [-0.2, 0) is 0 Å². The number of pyridine rings is 1. The summed E-state index contributed by atoms with van der Waals surface area (Å²) in [4.78, 5) is 14.1. The average molecular weight is 152 g/mol. The van der Waals surface area contributed by atoms with Gasteiger partial charge >= 0.3 is 0 Å². The summed E-state index contributed by atoms with van der Waals surface area (Å²) in [6.07, 6.45) is 2.03. The normalized spacial score (nSPS) is 9.18. The number of anilines is 1. The van der Waals surface area contributed by atoms with Gasteiger partial charge in [-0.1, -0.05) is 0 Å². The largest absolute Gasteiger partial charge is 0.481 e. The number of nitrogen functional groups attached to an aromatic ring is 1. The lowest BCUT2D eigenvalue weighted by atomic mass is 10.2. The van der Waals surface area contributed by atoms with Gasteiger partial charge in [-0.25, -0.2) is 4.98 Å². The molecular formula is C7H8N2O2. The van der Waals surface area contributed by atoms with Gasteiger partial charge in [-0.05, 0) is 0 Å². The first-order chi connectivity index (χ1) is 5.27. The minimum atomic E-state index is 0.380. The van der Waals surface area contributed by atoms with Crippen LogP contribution < -0.4 is 10.5 Å². The zero-order chi connectivity index (χ0) is 8.27. The highest BCUT2D eigenvalue weighted by atomic mass is 16.5. The van der Waals surface area contributed by atoms with Gasteiger partial charge in [-0.2, -0.15) is 0 Å². The highest BCUT2D eigenvalue weighted by Crippen LogP contribution is 2.13. The van der Waals surface area contributed by atoms with E-state index in [4.69, 9.17) is 10.5 Å². The molecule has 1 aromatic heterocycles. The SMILES string of the molecule is COc1cc(N)c(C=O)cn1. The quantitative estimate of drug-likeness (QED) is 0.626. The number of carbonyl (C=O) groups is 1. The Kier molecular flexibility index (Phi) is 2.06. The average Bonchev–Trinajstić information content (AvgIpc) is 2.04. The van der Waals surface area contributed by atoms with Gasteiger partial charge in [-0.3, -0.25) is 4.79 Å². The fourth-order valence-electron chi connectivity index (χ4n) is 0.671. The monoisotopic (exact) mass is 152 g/mol. The summed E-state index contributed by atoms with van der Waals surface area (Å²) in [5, 5.41) is 0. The maximum atomic E-state index is 10.3. The molecule has 0 saturated carbocycles. The lowest BCUT2D eigenvalue weighted by molar-refractivity contribution is 0.112. The highest BCUT2D eigenvalue weighted by Gasteiger charge is 1.99. The Labute approximate surface area is 64.0 Å². The van der Waals surface area contributed by atoms with Crippen LogP contribution in [0.4, 0.5) is 5.69 Å². The van der Waals surface area contributed by atoms with Crippen LogP contribution in [0.5, 0.6) is 5.88 Å². The second-order valence-corrected chi connectivity index (χ2v) is 1.97. The third-order valence-corrected chi connectivity index (χ3v) is 1.28. The lowest BCUT2D eigenvalue weighted by Crippen LogP contribution is -1.96. The van der Waals surface area contributed by atoms with E-state index in [0.717, 1.165) is 0 Å². The van der Waals surface area contributed by atoms with Gasteiger partial charge in [0.25, 0.3) is 0 Å². The zero-order valence-corrected chi connectivity index (χ0v) is 6.07. The van der Waals surface area contributed by atoms with Crippen molar-refractivity contribution in [2.24, 2.45) is 0 Å². The molecule has 0 atom stereocenters. The second-order valence-electron chi connectivity index (χ2n) is 1.97. The Hall–Kier alpha value is -1.58. The summed E-state index contributed by atoms with van der Waals surface area (Å²) in [6.45, 7) is 0. The molecule has 4 nitrogen and oxygen atoms in total. The maximum Gasteiger partial charge on any atom is 0.215 e. The van der Waals surface area contributed by atoms with E-state index in [9.17, 15) is 4.79 Å². The van der Waals surface area contributed by atoms with Crippen molar-refractivity contribution in [3.63, 3.8) is 0 Å². The van der Waals surface area contributed by atoms with Crippen LogP contribution >= 0.6 is 0 Å². The number of hydrogen-bond acceptors (Lipinski definition) is 4. The molecule has 1 rings (SSSR count). The van der Waals surface area contributed by atoms with E-state index in [1.807, 2.05) is 0 Å². The van der Waals surface area contributed by atoms with Crippen molar-refractivity contribution >= 4 is 12.0 Å². The smallest absolute Gasteiger partial charge is 0.215 e. The van der Waals surface area contributed by atoms with Crippen molar-refractivity contribution in [3.8, 4) is 5.88 Å². The molecule has 1 aromatic rings. The lowest BCUT2D eigenvalue weighted by Gasteiger charge is -2.00. The Morgan fingerprint density at radius 3 is 2.91 bits per heavy atom. The van der Waals surface area contributed by atoms with Crippen LogP contribution in [0.3, 0.4) is 0 Å². The molecular weight excluding hydrogens is 144 g/mol. The number of rotatable bonds is 2. The van der Waals surface area contributed by atoms with Crippen LogP contribution in [0.15, 0.2) is 12.3 Å². The van der Waals surface area contributed by atoms with Gasteiger partial charge in [0, 0.05) is 18.0 Å². The Balaban J connectivity index is 3.09. The molecule has 0 amide bonds. The van der Waals surface area contributed by atoms with E-state index in [0.29, 0.717) is 23.4 Å². The highest BCUT2D eigenvalue weighted by molar-refractivity contribution is 5.82. The molecule has 0 fully saturated rings. The molecule has 0 saturated heterocycles. The number of nitrogens with two attached hydrogens (primary N) is 1. The third kappa shape index (κ3) is 1.46. The third-order valence-electron chi connectivity index (χ3n) is 1.28. The minimum absolute atomic E-state index is 0.380. The molecule has 0 bridgehead atoms. The molecule has 0 aliphatic rings. The van der Waals surface area contributed by atoms with Gasteiger partial charge in [0.1, 0.15) is 0 Å². The predicted molar refractivity (Wildman–Crippen MR) is 40.6 cm³/mol. The molecule has 1 heterocycles. The molecule has 0 spiro atoms. The van der Waals surface area contributed by atoms with Crippen LogP contribution in [0.1, 0.15) is 10.4 Å². The number of methoxy groups -OCH3 is 1. The molecule has 0 aromatic carbocycles. The summed E-state index contributed by atoms with van der Waals surface area (Å²) < 4.78 is 4.79. The number of carbonyl (C=O) groups excluding carboxylic acids is 1. The summed E-state index contributed by atoms with van der Waals surface area (Å²) in [7, 11) is 1.49. The van der Waals surface area contributed by atoms with E-state index in [1.54, 1.807) is 0 Å². The van der Waals surface area contributed by atoms with Crippen LogP contribution in [0.2, 0.25) is 0 Å². The van der Waals surface area contributed by atoms with Crippen molar-refractivity contribution in [2.45, 2.75) is 0 Å². The Morgan fingerprint density at radius 2 is 2.45 bits per heavy atom.